The molecule has 0 radical (unpaired) electrons. The number of hydrogen-bond acceptors (Lipinski definition) is 7. The van der Waals surface area contributed by atoms with Gasteiger partial charge in [-0.25, -0.2) is 0 Å². The number of halogens is 2. The summed E-state index contributed by atoms with van der Waals surface area (Å²) in [7, 11) is 1.30. The van der Waals surface area contributed by atoms with Crippen molar-refractivity contribution in [1.82, 2.24) is 5.32 Å². The summed E-state index contributed by atoms with van der Waals surface area (Å²) in [6.45, 7) is -0.491. The Bertz CT molecular complexity index is 599. The van der Waals surface area contributed by atoms with Crippen molar-refractivity contribution in [2.24, 2.45) is 0 Å². The molecule has 0 aliphatic carbocycles. The molecule has 0 saturated carbocycles. The van der Waals surface area contributed by atoms with Gasteiger partial charge in [-0.3, -0.25) is 4.79 Å². The Balaban J connectivity index is 2.80. The number of ether oxygens (including phenoxy) is 1. The van der Waals surface area contributed by atoms with E-state index in [2.05, 4.69) is 5.32 Å². The molecular weight excluding hydrogens is 365 g/mol. The van der Waals surface area contributed by atoms with Crippen LogP contribution in [-0.4, -0.2) is 70.7 Å². The number of carbonyl (C=O) groups is 2. The van der Waals surface area contributed by atoms with Gasteiger partial charge in [0, 0.05) is 6.54 Å². The molecule has 1 amide bonds. The minimum absolute atomic E-state index is 0.00972. The average molecular weight is 382 g/mol. The Kier molecular flexibility index (Phi) is 7.88. The molecule has 0 spiro atoms. The van der Waals surface area contributed by atoms with Crippen LogP contribution in [0.2, 0.25) is 10.0 Å². The van der Waals surface area contributed by atoms with Crippen LogP contribution in [0, 0.1) is 0 Å². The number of aliphatic hydroxyl groups excluding tert-OH is 4. The van der Waals surface area contributed by atoms with Gasteiger partial charge in [-0.05, 0) is 12.1 Å². The standard InChI is InChI=1S/C14H17Cl2NO7/c1-24-13-7(16)3-2-6(15)10(13)14(23)17-4-8(19)11(21)12(22)9(20)5-18/h2-3,5,8-9,11-12,19-22H,4H2,1H3,(H,17,23). The van der Waals surface area contributed by atoms with Gasteiger partial charge in [-0.15, -0.1) is 0 Å². The fourth-order valence-corrected chi connectivity index (χ4v) is 2.33. The van der Waals surface area contributed by atoms with E-state index in [9.17, 15) is 24.9 Å². The van der Waals surface area contributed by atoms with Crippen molar-refractivity contribution >= 4 is 35.4 Å². The zero-order valence-corrected chi connectivity index (χ0v) is 14.0. The van der Waals surface area contributed by atoms with Gasteiger partial charge < -0.3 is 35.3 Å². The number of aldehydes is 1. The second-order valence-electron chi connectivity index (χ2n) is 4.82. The number of aliphatic hydroxyl groups is 4. The molecule has 4 atom stereocenters. The zero-order valence-electron chi connectivity index (χ0n) is 12.5. The van der Waals surface area contributed by atoms with Crippen molar-refractivity contribution in [3.8, 4) is 5.75 Å². The molecule has 0 aromatic heterocycles. The van der Waals surface area contributed by atoms with Crippen molar-refractivity contribution in [3.63, 3.8) is 0 Å². The van der Waals surface area contributed by atoms with E-state index in [1.165, 1.54) is 19.2 Å². The normalized spacial score (nSPS) is 16.0. The third kappa shape index (κ3) is 4.79. The van der Waals surface area contributed by atoms with Crippen LogP contribution >= 0.6 is 23.2 Å². The van der Waals surface area contributed by atoms with Crippen LogP contribution in [0.4, 0.5) is 0 Å². The maximum absolute atomic E-state index is 12.2. The van der Waals surface area contributed by atoms with Gasteiger partial charge in [0.15, 0.2) is 12.0 Å². The number of nitrogens with one attached hydrogen (secondary N) is 1. The van der Waals surface area contributed by atoms with Crippen LogP contribution in [0.25, 0.3) is 0 Å². The molecule has 0 saturated heterocycles. The molecule has 5 N–H and O–H groups in total. The largest absolute Gasteiger partial charge is 0.494 e. The SMILES string of the molecule is COc1c(Cl)ccc(Cl)c1C(=O)NCC(O)C(O)C(O)C(O)C=O. The highest BCUT2D eigenvalue weighted by atomic mass is 35.5. The monoisotopic (exact) mass is 381 g/mol. The maximum Gasteiger partial charge on any atom is 0.256 e. The van der Waals surface area contributed by atoms with Gasteiger partial charge in [0.1, 0.15) is 23.9 Å². The summed E-state index contributed by atoms with van der Waals surface area (Å²) in [6, 6.07) is 2.83. The Labute approximate surface area is 147 Å². The zero-order chi connectivity index (χ0) is 18.4. The summed E-state index contributed by atoms with van der Waals surface area (Å²) in [5, 5.41) is 40.4. The van der Waals surface area contributed by atoms with Crippen molar-refractivity contribution < 1.29 is 34.8 Å². The van der Waals surface area contributed by atoms with E-state index in [0.717, 1.165) is 0 Å². The van der Waals surface area contributed by atoms with E-state index in [0.29, 0.717) is 0 Å². The molecule has 8 nitrogen and oxygen atoms in total. The van der Waals surface area contributed by atoms with Crippen LogP contribution in [0.3, 0.4) is 0 Å². The van der Waals surface area contributed by atoms with Gasteiger partial charge in [0.05, 0.1) is 23.3 Å². The van der Waals surface area contributed by atoms with Crippen molar-refractivity contribution in [1.29, 1.82) is 0 Å². The fraction of sp³-hybridized carbons (Fsp3) is 0.429. The Morgan fingerprint density at radius 2 is 1.79 bits per heavy atom. The maximum atomic E-state index is 12.2. The van der Waals surface area contributed by atoms with Gasteiger partial charge in [-0.1, -0.05) is 23.2 Å². The number of carbonyl (C=O) groups excluding carboxylic acids is 2. The smallest absolute Gasteiger partial charge is 0.256 e. The number of amides is 1. The first-order chi connectivity index (χ1) is 11.2. The third-order valence-electron chi connectivity index (χ3n) is 3.20. The first kappa shape index (κ1) is 20.6. The van der Waals surface area contributed by atoms with Crippen molar-refractivity contribution in [3.05, 3.63) is 27.7 Å². The quantitative estimate of drug-likeness (QED) is 0.378. The van der Waals surface area contributed by atoms with Crippen LogP contribution < -0.4 is 10.1 Å². The van der Waals surface area contributed by atoms with E-state index >= 15 is 0 Å². The molecule has 134 valence electrons. The van der Waals surface area contributed by atoms with Crippen LogP contribution in [-0.2, 0) is 4.79 Å². The van der Waals surface area contributed by atoms with E-state index < -0.39 is 36.9 Å². The molecule has 1 aromatic carbocycles. The minimum Gasteiger partial charge on any atom is -0.494 e. The number of hydrogen-bond donors (Lipinski definition) is 5. The third-order valence-corrected chi connectivity index (χ3v) is 3.81. The Morgan fingerprint density at radius 1 is 1.21 bits per heavy atom. The fourth-order valence-electron chi connectivity index (χ4n) is 1.86. The Morgan fingerprint density at radius 3 is 2.33 bits per heavy atom. The predicted octanol–water partition coefficient (Wildman–Crippen LogP) is -0.626. The summed E-state index contributed by atoms with van der Waals surface area (Å²) in [6.07, 6.45) is -7.27. The molecule has 24 heavy (non-hydrogen) atoms. The van der Waals surface area contributed by atoms with Gasteiger partial charge >= 0.3 is 0 Å². The first-order valence-electron chi connectivity index (χ1n) is 6.72. The molecule has 1 aromatic rings. The van der Waals surface area contributed by atoms with Crippen LogP contribution in [0.1, 0.15) is 10.4 Å². The molecule has 0 bridgehead atoms. The molecular formula is C14H17Cl2NO7. The summed E-state index contributed by atoms with van der Waals surface area (Å²) in [5.74, 6) is -0.704. The second kappa shape index (κ2) is 9.16. The lowest BCUT2D eigenvalue weighted by atomic mass is 10.0. The second-order valence-corrected chi connectivity index (χ2v) is 5.64. The van der Waals surface area contributed by atoms with Gasteiger partial charge in [0.25, 0.3) is 5.91 Å². The van der Waals surface area contributed by atoms with Crippen molar-refractivity contribution in [2.45, 2.75) is 24.4 Å². The molecule has 0 fully saturated rings. The van der Waals surface area contributed by atoms with E-state index in [1.54, 1.807) is 0 Å². The minimum atomic E-state index is -1.90. The molecule has 4 unspecified atom stereocenters. The number of rotatable bonds is 8. The molecule has 10 heteroatoms. The summed E-state index contributed by atoms with van der Waals surface area (Å²) in [4.78, 5) is 22.5. The van der Waals surface area contributed by atoms with Crippen molar-refractivity contribution in [2.75, 3.05) is 13.7 Å². The first-order valence-corrected chi connectivity index (χ1v) is 7.47. The van der Waals surface area contributed by atoms with Gasteiger partial charge in [-0.2, -0.15) is 0 Å². The number of benzene rings is 1. The Hall–Kier alpha value is -1.42. The molecule has 0 heterocycles. The summed E-state index contributed by atoms with van der Waals surface area (Å²) >= 11 is 11.8. The number of methoxy groups -OCH3 is 1. The van der Waals surface area contributed by atoms with E-state index in [1.807, 2.05) is 0 Å². The molecule has 0 aliphatic heterocycles. The van der Waals surface area contributed by atoms with Crippen LogP contribution in [0.15, 0.2) is 12.1 Å². The lowest BCUT2D eigenvalue weighted by Gasteiger charge is -2.24. The molecule has 0 aliphatic rings. The van der Waals surface area contributed by atoms with E-state index in [-0.39, 0.29) is 27.6 Å². The highest BCUT2D eigenvalue weighted by Crippen LogP contribution is 2.33. The topological polar surface area (TPSA) is 136 Å². The van der Waals surface area contributed by atoms with Gasteiger partial charge in [0.2, 0.25) is 0 Å². The molecule has 1 rings (SSSR count). The summed E-state index contributed by atoms with van der Waals surface area (Å²) in [5.41, 5.74) is -0.0677. The lowest BCUT2D eigenvalue weighted by molar-refractivity contribution is -0.133. The highest BCUT2D eigenvalue weighted by Gasteiger charge is 2.30. The highest BCUT2D eigenvalue weighted by molar-refractivity contribution is 6.37. The van der Waals surface area contributed by atoms with E-state index in [4.69, 9.17) is 33.0 Å². The lowest BCUT2D eigenvalue weighted by Crippen LogP contribution is -2.49. The summed E-state index contributed by atoms with van der Waals surface area (Å²) < 4.78 is 5.02. The predicted molar refractivity (Wildman–Crippen MR) is 85.4 cm³/mol. The van der Waals surface area contributed by atoms with Crippen LogP contribution in [0.5, 0.6) is 5.75 Å². The average Bonchev–Trinajstić information content (AvgIpc) is 2.58.